The average Bonchev–Trinajstić information content (AvgIpc) is 2.20. The number of nitrogens with one attached hydrogen (secondary N) is 1. The Bertz CT molecular complexity index is 249. The van der Waals surface area contributed by atoms with Crippen LogP contribution in [0.15, 0.2) is 0 Å². The summed E-state index contributed by atoms with van der Waals surface area (Å²) in [6.07, 6.45) is 0.643. The van der Waals surface area contributed by atoms with E-state index in [9.17, 15) is 9.59 Å². The van der Waals surface area contributed by atoms with Crippen LogP contribution in [0.25, 0.3) is 0 Å². The number of carbonyl (C=O) groups is 2. The smallest absolute Gasteiger partial charge is 0.231 e. The molecule has 1 N–H and O–H groups in total. The van der Waals surface area contributed by atoms with Gasteiger partial charge in [-0.2, -0.15) is 0 Å². The second-order valence-corrected chi connectivity index (χ2v) is 5.92. The summed E-state index contributed by atoms with van der Waals surface area (Å²) in [5.41, 5.74) is -0.346. The molecule has 0 aliphatic carbocycles. The molecule has 5 heteroatoms. The van der Waals surface area contributed by atoms with Gasteiger partial charge in [-0.25, -0.2) is 0 Å². The Morgan fingerprint density at radius 2 is 1.81 bits per heavy atom. The van der Waals surface area contributed by atoms with Gasteiger partial charge in [0, 0.05) is 31.3 Å². The number of amides is 1. The van der Waals surface area contributed by atoms with E-state index in [1.54, 1.807) is 3.11 Å². The van der Waals surface area contributed by atoms with Crippen LogP contribution in [0.1, 0.15) is 33.6 Å². The van der Waals surface area contributed by atoms with Crippen molar-refractivity contribution in [1.82, 2.24) is 8.43 Å². The Hall–Kier alpha value is -0.170. The largest absolute Gasteiger partial charge is 0.318 e. The molecule has 0 aliphatic heterocycles. The minimum Gasteiger partial charge on any atom is -0.318 e. The first-order valence-corrected chi connectivity index (χ1v) is 6.39. The van der Waals surface area contributed by atoms with Gasteiger partial charge in [-0.05, 0) is 7.05 Å². The number of ketones is 1. The van der Waals surface area contributed by atoms with E-state index in [4.69, 9.17) is 0 Å². The van der Waals surface area contributed by atoms with Gasteiger partial charge in [-0.3, -0.25) is 12.7 Å². The SMILES string of the molecule is CNCCN(I)C(=O)CCC(=O)C(C)(C)C. The summed E-state index contributed by atoms with van der Waals surface area (Å²) >= 11 is 1.99. The normalized spacial score (nSPS) is 11.3. The highest BCUT2D eigenvalue weighted by Gasteiger charge is 2.22. The molecule has 4 nitrogen and oxygen atoms in total. The monoisotopic (exact) mass is 340 g/mol. The lowest BCUT2D eigenvalue weighted by Gasteiger charge is -2.18. The number of nitrogens with zero attached hydrogens (tertiary/aromatic N) is 1. The molecule has 0 aromatic carbocycles. The van der Waals surface area contributed by atoms with E-state index in [1.807, 2.05) is 50.7 Å². The predicted molar refractivity (Wildman–Crippen MR) is 73.4 cm³/mol. The molecule has 0 bridgehead atoms. The number of rotatable bonds is 6. The van der Waals surface area contributed by atoms with Crippen LogP contribution >= 0.6 is 22.9 Å². The zero-order valence-corrected chi connectivity index (χ0v) is 12.6. The Morgan fingerprint density at radius 3 is 2.25 bits per heavy atom. The van der Waals surface area contributed by atoms with Crippen molar-refractivity contribution in [2.75, 3.05) is 20.1 Å². The van der Waals surface area contributed by atoms with Crippen LogP contribution in [0, 0.1) is 5.41 Å². The second kappa shape index (κ2) is 7.21. The summed E-state index contributed by atoms with van der Waals surface area (Å²) in [5.74, 6) is 0.160. The summed E-state index contributed by atoms with van der Waals surface area (Å²) in [6, 6.07) is 0. The predicted octanol–water partition coefficient (Wildman–Crippen LogP) is 1.78. The molecule has 0 heterocycles. The zero-order chi connectivity index (χ0) is 12.8. The average molecular weight is 340 g/mol. The summed E-state index contributed by atoms with van der Waals surface area (Å²) in [4.78, 5) is 23.2. The van der Waals surface area contributed by atoms with Gasteiger partial charge in [-0.1, -0.05) is 20.8 Å². The molecule has 0 unspecified atom stereocenters. The summed E-state index contributed by atoms with van der Waals surface area (Å²) in [6.45, 7) is 7.06. The van der Waals surface area contributed by atoms with Crippen LogP contribution in [0.4, 0.5) is 0 Å². The number of hydrogen-bond acceptors (Lipinski definition) is 3. The van der Waals surface area contributed by atoms with Crippen LogP contribution in [-0.4, -0.2) is 34.9 Å². The first kappa shape index (κ1) is 15.8. The molecular weight excluding hydrogens is 319 g/mol. The van der Waals surface area contributed by atoms with Gasteiger partial charge in [-0.15, -0.1) is 0 Å². The third-order valence-electron chi connectivity index (χ3n) is 2.23. The topological polar surface area (TPSA) is 49.4 Å². The molecule has 94 valence electrons. The van der Waals surface area contributed by atoms with Crippen LogP contribution in [-0.2, 0) is 9.59 Å². The van der Waals surface area contributed by atoms with Crippen molar-refractivity contribution < 1.29 is 9.59 Å². The van der Waals surface area contributed by atoms with Crippen molar-refractivity contribution in [2.24, 2.45) is 5.41 Å². The van der Waals surface area contributed by atoms with E-state index in [2.05, 4.69) is 5.32 Å². The van der Waals surface area contributed by atoms with Crippen molar-refractivity contribution in [3.8, 4) is 0 Å². The van der Waals surface area contributed by atoms with Crippen LogP contribution < -0.4 is 5.32 Å². The minimum atomic E-state index is -0.346. The molecule has 0 saturated carbocycles. The molecular formula is C11H21IN2O2. The minimum absolute atomic E-state index is 0.0217. The summed E-state index contributed by atoms with van der Waals surface area (Å²) in [5, 5.41) is 2.98. The number of hydrogen-bond donors (Lipinski definition) is 1. The molecule has 16 heavy (non-hydrogen) atoms. The molecule has 0 aromatic rings. The molecule has 0 spiro atoms. The fourth-order valence-corrected chi connectivity index (χ4v) is 1.53. The maximum atomic E-state index is 11.6. The molecule has 0 fully saturated rings. The molecule has 0 radical (unpaired) electrons. The van der Waals surface area contributed by atoms with E-state index >= 15 is 0 Å². The van der Waals surface area contributed by atoms with Crippen molar-refractivity contribution in [3.05, 3.63) is 0 Å². The van der Waals surface area contributed by atoms with Crippen molar-refractivity contribution in [2.45, 2.75) is 33.6 Å². The van der Waals surface area contributed by atoms with Gasteiger partial charge < -0.3 is 5.32 Å². The Morgan fingerprint density at radius 1 is 1.25 bits per heavy atom. The summed E-state index contributed by atoms with van der Waals surface area (Å²) in [7, 11) is 1.85. The fourth-order valence-electron chi connectivity index (χ4n) is 1.05. The maximum absolute atomic E-state index is 11.6. The zero-order valence-electron chi connectivity index (χ0n) is 10.5. The highest BCUT2D eigenvalue weighted by atomic mass is 127. The third-order valence-corrected chi connectivity index (χ3v) is 3.25. The van der Waals surface area contributed by atoms with Gasteiger partial charge in [0.05, 0.1) is 22.9 Å². The maximum Gasteiger partial charge on any atom is 0.231 e. The van der Waals surface area contributed by atoms with E-state index < -0.39 is 0 Å². The van der Waals surface area contributed by atoms with Gasteiger partial charge in [0.1, 0.15) is 5.78 Å². The fraction of sp³-hybridized carbons (Fsp3) is 0.818. The molecule has 0 atom stereocenters. The summed E-state index contributed by atoms with van der Waals surface area (Å²) < 4.78 is 1.63. The van der Waals surface area contributed by atoms with Crippen molar-refractivity contribution in [1.29, 1.82) is 0 Å². The van der Waals surface area contributed by atoms with Crippen LogP contribution in [0.3, 0.4) is 0 Å². The third kappa shape index (κ3) is 6.42. The van der Waals surface area contributed by atoms with E-state index in [-0.39, 0.29) is 17.1 Å². The Labute approximate surface area is 112 Å². The van der Waals surface area contributed by atoms with Crippen LogP contribution in [0.5, 0.6) is 0 Å². The lowest BCUT2D eigenvalue weighted by Crippen LogP contribution is -2.29. The number of likely N-dealkylation sites (N-methyl/N-ethyl adjacent to an activating group) is 1. The number of halogens is 1. The lowest BCUT2D eigenvalue weighted by molar-refractivity contribution is -0.131. The highest BCUT2D eigenvalue weighted by Crippen LogP contribution is 2.18. The van der Waals surface area contributed by atoms with Gasteiger partial charge >= 0.3 is 0 Å². The van der Waals surface area contributed by atoms with Crippen molar-refractivity contribution in [3.63, 3.8) is 0 Å². The van der Waals surface area contributed by atoms with Crippen LogP contribution in [0.2, 0.25) is 0 Å². The quantitative estimate of drug-likeness (QED) is 0.592. The van der Waals surface area contributed by atoms with E-state index in [0.29, 0.717) is 19.4 Å². The molecule has 0 aromatic heterocycles. The van der Waals surface area contributed by atoms with E-state index in [1.165, 1.54) is 0 Å². The highest BCUT2D eigenvalue weighted by molar-refractivity contribution is 14.1. The second-order valence-electron chi connectivity index (χ2n) is 4.76. The molecule has 0 saturated heterocycles. The molecule has 0 rings (SSSR count). The lowest BCUT2D eigenvalue weighted by atomic mass is 9.88. The van der Waals surface area contributed by atoms with Gasteiger partial charge in [0.15, 0.2) is 0 Å². The van der Waals surface area contributed by atoms with E-state index in [0.717, 1.165) is 6.54 Å². The molecule has 0 aliphatic rings. The number of Topliss-reactive ketones (excluding diaryl/α,β-unsaturated/α-hetero) is 1. The van der Waals surface area contributed by atoms with Gasteiger partial charge in [0.25, 0.3) is 0 Å². The Balaban J connectivity index is 3.94. The van der Waals surface area contributed by atoms with Crippen molar-refractivity contribution >= 4 is 34.6 Å². The molecule has 1 amide bonds. The first-order valence-electron chi connectivity index (χ1n) is 5.43. The Kier molecular flexibility index (Phi) is 7.14. The first-order chi connectivity index (χ1) is 7.29. The van der Waals surface area contributed by atoms with Gasteiger partial charge in [0.2, 0.25) is 5.91 Å². The standard InChI is InChI=1S/C11H21IN2O2/c1-11(2,3)9(15)5-6-10(16)14(12)8-7-13-4/h13H,5-8H2,1-4H3. The number of carbonyl (C=O) groups excluding carboxylic acids is 2.